The van der Waals surface area contributed by atoms with Gasteiger partial charge in [-0.2, -0.15) is 5.26 Å². The van der Waals surface area contributed by atoms with Gasteiger partial charge >= 0.3 is 0 Å². The summed E-state index contributed by atoms with van der Waals surface area (Å²) in [6, 6.07) is 21.1. The number of nitriles is 1. The van der Waals surface area contributed by atoms with E-state index in [4.69, 9.17) is 5.26 Å². The van der Waals surface area contributed by atoms with Crippen molar-refractivity contribution in [3.63, 3.8) is 0 Å². The van der Waals surface area contributed by atoms with E-state index in [9.17, 15) is 4.79 Å². The maximum Gasteiger partial charge on any atom is 0.272 e. The van der Waals surface area contributed by atoms with Gasteiger partial charge in [0.25, 0.3) is 5.91 Å². The summed E-state index contributed by atoms with van der Waals surface area (Å²) in [5.74, 6) is 0.412. The van der Waals surface area contributed by atoms with E-state index in [1.54, 1.807) is 24.3 Å². The second-order valence-corrected chi connectivity index (χ2v) is 6.72. The number of hydrogen-bond donors (Lipinski definition) is 1. The Balaban J connectivity index is 1.42. The van der Waals surface area contributed by atoms with Crippen molar-refractivity contribution in [3.8, 4) is 6.07 Å². The van der Waals surface area contributed by atoms with E-state index < -0.39 is 0 Å². The van der Waals surface area contributed by atoms with E-state index in [-0.39, 0.29) is 5.91 Å². The summed E-state index contributed by atoms with van der Waals surface area (Å²) in [6.45, 7) is 2.86. The lowest BCUT2D eigenvalue weighted by molar-refractivity contribution is 0.0740. The van der Waals surface area contributed by atoms with Gasteiger partial charge in [-0.1, -0.05) is 24.3 Å². The minimum Gasteiger partial charge on any atom is -0.368 e. The number of rotatable bonds is 4. The van der Waals surface area contributed by atoms with Crippen LogP contribution in [0.4, 0.5) is 17.2 Å². The van der Waals surface area contributed by atoms with Crippen molar-refractivity contribution in [2.75, 3.05) is 36.4 Å². The van der Waals surface area contributed by atoms with E-state index in [2.05, 4.69) is 38.4 Å². The van der Waals surface area contributed by atoms with Crippen LogP contribution >= 0.6 is 0 Å². The minimum atomic E-state index is -0.103. The summed E-state index contributed by atoms with van der Waals surface area (Å²) < 4.78 is 0. The smallest absolute Gasteiger partial charge is 0.272 e. The number of nitrogens with one attached hydrogen (secondary N) is 1. The van der Waals surface area contributed by atoms with Gasteiger partial charge in [-0.05, 0) is 30.3 Å². The largest absolute Gasteiger partial charge is 0.368 e. The molecule has 1 aliphatic heterocycles. The van der Waals surface area contributed by atoms with Crippen molar-refractivity contribution in [1.82, 2.24) is 14.9 Å². The first kappa shape index (κ1) is 18.4. The molecule has 1 aliphatic rings. The Morgan fingerprint density at radius 1 is 0.966 bits per heavy atom. The van der Waals surface area contributed by atoms with Crippen LogP contribution in [0.1, 0.15) is 16.1 Å². The fraction of sp³-hybridized carbons (Fsp3) is 0.182. The highest BCUT2D eigenvalue weighted by molar-refractivity contribution is 5.93. The molecule has 0 spiro atoms. The van der Waals surface area contributed by atoms with Crippen LogP contribution in [-0.4, -0.2) is 47.0 Å². The standard InChI is InChI=1S/C22H20N6O/c23-15-17-5-4-6-18(13-17)26-21-14-20(24-16-25-21)22(29)28-11-9-27(10-12-28)19-7-2-1-3-8-19/h1-8,13-14,16H,9-12H2,(H,24,25,26). The van der Waals surface area contributed by atoms with Crippen LogP contribution < -0.4 is 10.2 Å². The van der Waals surface area contributed by atoms with E-state index in [1.165, 1.54) is 12.0 Å². The first-order chi connectivity index (χ1) is 14.2. The predicted octanol–water partition coefficient (Wildman–Crippen LogP) is 3.05. The Hall–Kier alpha value is -3.92. The zero-order valence-electron chi connectivity index (χ0n) is 15.8. The summed E-state index contributed by atoms with van der Waals surface area (Å²) in [7, 11) is 0. The van der Waals surface area contributed by atoms with Gasteiger partial charge in [0, 0.05) is 43.6 Å². The molecule has 1 aromatic heterocycles. The van der Waals surface area contributed by atoms with Crippen LogP contribution in [0.3, 0.4) is 0 Å². The summed E-state index contributed by atoms with van der Waals surface area (Å²) in [5.41, 5.74) is 2.81. The van der Waals surface area contributed by atoms with Crippen LogP contribution in [0, 0.1) is 11.3 Å². The normalized spacial score (nSPS) is 13.6. The third-order valence-electron chi connectivity index (χ3n) is 4.84. The number of nitrogens with zero attached hydrogens (tertiary/aromatic N) is 5. The summed E-state index contributed by atoms with van der Waals surface area (Å²) in [6.07, 6.45) is 1.38. The molecule has 1 saturated heterocycles. The average molecular weight is 384 g/mol. The molecule has 29 heavy (non-hydrogen) atoms. The Bertz CT molecular complexity index is 1040. The molecule has 0 saturated carbocycles. The van der Waals surface area contributed by atoms with E-state index in [0.29, 0.717) is 30.2 Å². The number of aromatic nitrogens is 2. The highest BCUT2D eigenvalue weighted by Crippen LogP contribution is 2.19. The van der Waals surface area contributed by atoms with Crippen molar-refractivity contribution in [2.24, 2.45) is 0 Å². The van der Waals surface area contributed by atoms with E-state index in [0.717, 1.165) is 18.8 Å². The van der Waals surface area contributed by atoms with Crippen molar-refractivity contribution < 1.29 is 4.79 Å². The highest BCUT2D eigenvalue weighted by atomic mass is 16.2. The molecule has 1 amide bonds. The van der Waals surface area contributed by atoms with Crippen molar-refractivity contribution >= 4 is 23.1 Å². The van der Waals surface area contributed by atoms with Crippen LogP contribution in [0.25, 0.3) is 0 Å². The van der Waals surface area contributed by atoms with Gasteiger partial charge in [-0.25, -0.2) is 9.97 Å². The molecule has 2 aromatic carbocycles. The third-order valence-corrected chi connectivity index (χ3v) is 4.84. The zero-order chi connectivity index (χ0) is 20.1. The van der Waals surface area contributed by atoms with Crippen LogP contribution in [0.2, 0.25) is 0 Å². The number of para-hydroxylation sites is 1. The Kier molecular flexibility index (Phi) is 5.34. The molecular formula is C22H20N6O. The average Bonchev–Trinajstić information content (AvgIpc) is 2.79. The first-order valence-corrected chi connectivity index (χ1v) is 9.41. The van der Waals surface area contributed by atoms with Gasteiger partial charge in [0.15, 0.2) is 0 Å². The number of anilines is 3. The second kappa shape index (κ2) is 8.40. The number of carbonyl (C=O) groups excluding carboxylic acids is 1. The number of hydrogen-bond acceptors (Lipinski definition) is 6. The maximum absolute atomic E-state index is 12.9. The fourth-order valence-corrected chi connectivity index (χ4v) is 3.33. The molecule has 0 bridgehead atoms. The summed E-state index contributed by atoms with van der Waals surface area (Å²) >= 11 is 0. The van der Waals surface area contributed by atoms with Crippen molar-refractivity contribution in [3.05, 3.63) is 78.2 Å². The number of carbonyl (C=O) groups is 1. The van der Waals surface area contributed by atoms with Crippen LogP contribution in [-0.2, 0) is 0 Å². The zero-order valence-corrected chi connectivity index (χ0v) is 15.8. The highest BCUT2D eigenvalue weighted by Gasteiger charge is 2.23. The van der Waals surface area contributed by atoms with Crippen molar-refractivity contribution in [1.29, 1.82) is 5.26 Å². The molecule has 1 fully saturated rings. The molecule has 0 aliphatic carbocycles. The number of amides is 1. The third kappa shape index (κ3) is 4.33. The quantitative estimate of drug-likeness (QED) is 0.744. The lowest BCUT2D eigenvalue weighted by Crippen LogP contribution is -2.49. The minimum absolute atomic E-state index is 0.103. The molecule has 1 N–H and O–H groups in total. The predicted molar refractivity (Wildman–Crippen MR) is 111 cm³/mol. The maximum atomic E-state index is 12.9. The van der Waals surface area contributed by atoms with Gasteiger partial charge in [0.1, 0.15) is 17.8 Å². The monoisotopic (exact) mass is 384 g/mol. The second-order valence-electron chi connectivity index (χ2n) is 6.72. The molecule has 7 nitrogen and oxygen atoms in total. The fourth-order valence-electron chi connectivity index (χ4n) is 3.33. The first-order valence-electron chi connectivity index (χ1n) is 9.41. The molecule has 144 valence electrons. The van der Waals surface area contributed by atoms with E-state index >= 15 is 0 Å². The molecular weight excluding hydrogens is 364 g/mol. The Morgan fingerprint density at radius 2 is 1.76 bits per heavy atom. The Labute approximate surface area is 169 Å². The van der Waals surface area contributed by atoms with Gasteiger partial charge in [0.2, 0.25) is 0 Å². The summed E-state index contributed by atoms with van der Waals surface area (Å²) in [4.78, 5) is 25.3. The Morgan fingerprint density at radius 3 is 2.52 bits per heavy atom. The van der Waals surface area contributed by atoms with Gasteiger partial charge < -0.3 is 15.1 Å². The molecule has 0 radical (unpaired) electrons. The molecule has 0 atom stereocenters. The molecule has 7 heteroatoms. The lowest BCUT2D eigenvalue weighted by atomic mass is 10.2. The lowest BCUT2D eigenvalue weighted by Gasteiger charge is -2.36. The summed E-state index contributed by atoms with van der Waals surface area (Å²) in [5, 5.41) is 12.1. The molecule has 0 unspecified atom stereocenters. The topological polar surface area (TPSA) is 85.2 Å². The van der Waals surface area contributed by atoms with Crippen LogP contribution in [0.5, 0.6) is 0 Å². The number of benzene rings is 2. The molecule has 3 aromatic rings. The van der Waals surface area contributed by atoms with Gasteiger partial charge in [-0.3, -0.25) is 4.79 Å². The molecule has 2 heterocycles. The van der Waals surface area contributed by atoms with Gasteiger partial charge in [0.05, 0.1) is 11.6 Å². The SMILES string of the molecule is N#Cc1cccc(Nc2cc(C(=O)N3CCN(c4ccccc4)CC3)ncn2)c1. The number of piperazine rings is 1. The molecule has 4 rings (SSSR count). The van der Waals surface area contributed by atoms with Crippen molar-refractivity contribution in [2.45, 2.75) is 0 Å². The van der Waals surface area contributed by atoms with E-state index in [1.807, 2.05) is 29.2 Å². The van der Waals surface area contributed by atoms with Gasteiger partial charge in [-0.15, -0.1) is 0 Å². The van der Waals surface area contributed by atoms with Crippen LogP contribution in [0.15, 0.2) is 67.0 Å².